The van der Waals surface area contributed by atoms with Crippen LogP contribution in [0.2, 0.25) is 0 Å². The Bertz CT molecular complexity index is 747. The maximum atomic E-state index is 12.7. The van der Waals surface area contributed by atoms with Crippen LogP contribution in [0.1, 0.15) is 40.3 Å². The van der Waals surface area contributed by atoms with Gasteiger partial charge >= 0.3 is 6.09 Å². The normalized spacial score (nSPS) is 23.8. The number of piperidine rings is 1. The Labute approximate surface area is 166 Å². The number of hydrogen-bond donors (Lipinski definition) is 1. The highest BCUT2D eigenvalue weighted by molar-refractivity contribution is 5.84. The van der Waals surface area contributed by atoms with E-state index in [4.69, 9.17) is 9.47 Å². The number of amides is 2. The van der Waals surface area contributed by atoms with E-state index in [9.17, 15) is 9.59 Å². The molecule has 2 aliphatic rings. The molecule has 1 aliphatic carbocycles. The predicted octanol–water partition coefficient (Wildman–Crippen LogP) is 2.17. The van der Waals surface area contributed by atoms with E-state index in [0.29, 0.717) is 31.3 Å². The van der Waals surface area contributed by atoms with Gasteiger partial charge in [0, 0.05) is 31.4 Å². The highest BCUT2D eigenvalue weighted by Crippen LogP contribution is 2.52. The first-order valence-corrected chi connectivity index (χ1v) is 9.67. The fraction of sp³-hybridized carbons (Fsp3) is 0.700. The number of nitrogens with zero attached hydrogens (tertiary/aromatic N) is 3. The molecule has 0 aromatic carbocycles. The van der Waals surface area contributed by atoms with E-state index in [-0.39, 0.29) is 29.8 Å². The summed E-state index contributed by atoms with van der Waals surface area (Å²) < 4.78 is 11.1. The molecule has 2 fully saturated rings. The standard InChI is InChI=1S/C20H30N4O4/c1-12-17(22-8-7-21-12)27-11-20(5,6)23-16(25)15-13-9-24(10-14(13)15)18(26)28-19(2,3)4/h7-8,13-15H,9-11H2,1-6H3,(H,23,25)/t13-,14+,15?. The van der Waals surface area contributed by atoms with Crippen LogP contribution in [-0.4, -0.2) is 57.7 Å². The van der Waals surface area contributed by atoms with Crippen molar-refractivity contribution in [2.45, 2.75) is 52.7 Å². The first kappa shape index (κ1) is 20.4. The Morgan fingerprint density at radius 3 is 2.32 bits per heavy atom. The number of nitrogens with one attached hydrogen (secondary N) is 1. The molecule has 154 valence electrons. The number of hydrogen-bond acceptors (Lipinski definition) is 6. The van der Waals surface area contributed by atoms with Gasteiger partial charge in [-0.1, -0.05) is 0 Å². The number of aromatic nitrogens is 2. The van der Waals surface area contributed by atoms with E-state index >= 15 is 0 Å². The van der Waals surface area contributed by atoms with Crippen molar-refractivity contribution >= 4 is 12.0 Å². The van der Waals surface area contributed by atoms with Gasteiger partial charge in [0.15, 0.2) is 0 Å². The van der Waals surface area contributed by atoms with Crippen LogP contribution in [0, 0.1) is 24.7 Å². The molecule has 2 heterocycles. The van der Waals surface area contributed by atoms with Crippen LogP contribution in [0.3, 0.4) is 0 Å². The van der Waals surface area contributed by atoms with E-state index in [1.807, 2.05) is 41.5 Å². The molecule has 1 aromatic heterocycles. The lowest BCUT2D eigenvalue weighted by molar-refractivity contribution is -0.125. The van der Waals surface area contributed by atoms with Gasteiger partial charge < -0.3 is 19.7 Å². The minimum absolute atomic E-state index is 0.0170. The van der Waals surface area contributed by atoms with Gasteiger partial charge in [-0.2, -0.15) is 0 Å². The number of carbonyl (C=O) groups is 2. The molecular formula is C20H30N4O4. The van der Waals surface area contributed by atoms with Crippen molar-refractivity contribution in [2.24, 2.45) is 17.8 Å². The van der Waals surface area contributed by atoms with Gasteiger partial charge in [-0.25, -0.2) is 9.78 Å². The molecule has 1 N–H and O–H groups in total. The van der Waals surface area contributed by atoms with Gasteiger partial charge in [-0.3, -0.25) is 9.78 Å². The second kappa shape index (κ2) is 7.22. The summed E-state index contributed by atoms with van der Waals surface area (Å²) in [5, 5.41) is 3.07. The van der Waals surface area contributed by atoms with Crippen molar-refractivity contribution in [3.63, 3.8) is 0 Å². The molecule has 1 aliphatic heterocycles. The van der Waals surface area contributed by atoms with Crippen LogP contribution in [0.25, 0.3) is 0 Å². The highest BCUT2D eigenvalue weighted by atomic mass is 16.6. The van der Waals surface area contributed by atoms with Crippen molar-refractivity contribution in [3.05, 3.63) is 18.1 Å². The van der Waals surface area contributed by atoms with Crippen LogP contribution in [0.5, 0.6) is 5.88 Å². The molecule has 1 saturated carbocycles. The highest BCUT2D eigenvalue weighted by Gasteiger charge is 2.61. The van der Waals surface area contributed by atoms with Gasteiger partial charge in [-0.15, -0.1) is 0 Å². The van der Waals surface area contributed by atoms with E-state index in [2.05, 4.69) is 15.3 Å². The molecule has 8 nitrogen and oxygen atoms in total. The zero-order valence-corrected chi connectivity index (χ0v) is 17.5. The second-order valence-electron chi connectivity index (χ2n) is 9.35. The van der Waals surface area contributed by atoms with Gasteiger partial charge in [0.1, 0.15) is 12.2 Å². The molecule has 0 spiro atoms. The quantitative estimate of drug-likeness (QED) is 0.828. The summed E-state index contributed by atoms with van der Waals surface area (Å²) in [6.07, 6.45) is 2.89. The van der Waals surface area contributed by atoms with Crippen LogP contribution >= 0.6 is 0 Å². The molecule has 2 amide bonds. The Hall–Kier alpha value is -2.38. The largest absolute Gasteiger partial charge is 0.474 e. The first-order valence-electron chi connectivity index (χ1n) is 9.67. The number of ether oxygens (including phenoxy) is 2. The van der Waals surface area contributed by atoms with E-state index < -0.39 is 11.1 Å². The molecule has 0 bridgehead atoms. The maximum Gasteiger partial charge on any atom is 0.410 e. The molecule has 1 saturated heterocycles. The fourth-order valence-electron chi connectivity index (χ4n) is 3.63. The zero-order valence-electron chi connectivity index (χ0n) is 17.5. The third kappa shape index (κ3) is 4.72. The molecular weight excluding hydrogens is 360 g/mol. The van der Waals surface area contributed by atoms with Crippen LogP contribution in [0.15, 0.2) is 12.4 Å². The topological polar surface area (TPSA) is 93.7 Å². The predicted molar refractivity (Wildman–Crippen MR) is 103 cm³/mol. The van der Waals surface area contributed by atoms with Crippen LogP contribution in [0.4, 0.5) is 4.79 Å². The summed E-state index contributed by atoms with van der Waals surface area (Å²) in [4.78, 5) is 34.8. The minimum Gasteiger partial charge on any atom is -0.474 e. The molecule has 1 aromatic rings. The number of aryl methyl sites for hydroxylation is 1. The van der Waals surface area contributed by atoms with E-state index in [1.54, 1.807) is 17.3 Å². The average Bonchev–Trinajstić information content (AvgIpc) is 3.07. The zero-order chi connectivity index (χ0) is 20.7. The summed E-state index contributed by atoms with van der Waals surface area (Å²) in [6.45, 7) is 12.7. The summed E-state index contributed by atoms with van der Waals surface area (Å²) in [5.74, 6) is 0.874. The van der Waals surface area contributed by atoms with E-state index in [1.165, 1.54) is 0 Å². The smallest absolute Gasteiger partial charge is 0.410 e. The number of fused-ring (bicyclic) bond motifs is 1. The van der Waals surface area contributed by atoms with Crippen LogP contribution in [-0.2, 0) is 9.53 Å². The first-order chi connectivity index (χ1) is 13.0. The summed E-state index contributed by atoms with van der Waals surface area (Å²) in [5.41, 5.74) is -0.335. The van der Waals surface area contributed by atoms with Gasteiger partial charge in [0.2, 0.25) is 11.8 Å². The van der Waals surface area contributed by atoms with Crippen molar-refractivity contribution in [2.75, 3.05) is 19.7 Å². The lowest BCUT2D eigenvalue weighted by Gasteiger charge is -2.28. The lowest BCUT2D eigenvalue weighted by atomic mass is 10.1. The maximum absolute atomic E-state index is 12.7. The second-order valence-corrected chi connectivity index (χ2v) is 9.35. The van der Waals surface area contributed by atoms with Crippen molar-refractivity contribution in [1.82, 2.24) is 20.2 Å². The minimum atomic E-state index is -0.539. The van der Waals surface area contributed by atoms with Crippen molar-refractivity contribution in [3.8, 4) is 5.88 Å². The lowest BCUT2D eigenvalue weighted by Crippen LogP contribution is -2.49. The Kier molecular flexibility index (Phi) is 5.25. The third-order valence-corrected chi connectivity index (χ3v) is 5.02. The molecule has 0 radical (unpaired) electrons. The molecule has 8 heteroatoms. The summed E-state index contributed by atoms with van der Waals surface area (Å²) in [6, 6.07) is 0. The van der Waals surface area contributed by atoms with Crippen molar-refractivity contribution < 1.29 is 19.1 Å². The summed E-state index contributed by atoms with van der Waals surface area (Å²) >= 11 is 0. The van der Waals surface area contributed by atoms with Gasteiger partial charge in [0.25, 0.3) is 0 Å². The number of carbonyl (C=O) groups excluding carboxylic acids is 2. The fourth-order valence-corrected chi connectivity index (χ4v) is 3.63. The number of likely N-dealkylation sites (tertiary alicyclic amines) is 1. The van der Waals surface area contributed by atoms with Crippen LogP contribution < -0.4 is 10.1 Å². The molecule has 28 heavy (non-hydrogen) atoms. The third-order valence-electron chi connectivity index (χ3n) is 5.02. The van der Waals surface area contributed by atoms with E-state index in [0.717, 1.165) is 0 Å². The average molecular weight is 390 g/mol. The Morgan fingerprint density at radius 2 is 1.75 bits per heavy atom. The summed E-state index contributed by atoms with van der Waals surface area (Å²) in [7, 11) is 0. The Balaban J connectivity index is 1.46. The number of rotatable bonds is 5. The van der Waals surface area contributed by atoms with Crippen molar-refractivity contribution in [1.29, 1.82) is 0 Å². The van der Waals surface area contributed by atoms with Gasteiger partial charge in [0.05, 0.1) is 11.2 Å². The Morgan fingerprint density at radius 1 is 1.14 bits per heavy atom. The monoisotopic (exact) mass is 390 g/mol. The SMILES string of the molecule is Cc1nccnc1OCC(C)(C)NC(=O)C1[C@H]2CN(C(=O)OC(C)(C)C)C[C@@H]12. The van der Waals surface area contributed by atoms with Gasteiger partial charge in [-0.05, 0) is 53.4 Å². The molecule has 3 atom stereocenters. The molecule has 1 unspecified atom stereocenters. The molecule has 3 rings (SSSR count).